The number of hydrogen-bond donors (Lipinski definition) is 1. The smallest absolute Gasteiger partial charge is 0.284 e. The van der Waals surface area contributed by atoms with Crippen LogP contribution in [0.2, 0.25) is 0 Å². The Hall–Kier alpha value is -0.000000000000000111. The SMILES string of the molecule is O=C(NC1CCCC1)Sc1ccc(Br)c(Br)c1. The van der Waals surface area contributed by atoms with E-state index in [1.807, 2.05) is 18.2 Å². The molecule has 1 saturated carbocycles. The van der Waals surface area contributed by atoms with Crippen LogP contribution >= 0.6 is 43.6 Å². The molecule has 0 spiro atoms. The van der Waals surface area contributed by atoms with Gasteiger partial charge in [-0.25, -0.2) is 0 Å². The Morgan fingerprint density at radius 2 is 1.94 bits per heavy atom. The summed E-state index contributed by atoms with van der Waals surface area (Å²) in [5.41, 5.74) is 0. The van der Waals surface area contributed by atoms with E-state index < -0.39 is 0 Å². The maximum atomic E-state index is 11.8. The quantitative estimate of drug-likeness (QED) is 0.737. The minimum Gasteiger partial charge on any atom is -0.344 e. The first kappa shape index (κ1) is 13.4. The molecule has 0 saturated heterocycles. The van der Waals surface area contributed by atoms with Gasteiger partial charge >= 0.3 is 0 Å². The van der Waals surface area contributed by atoms with E-state index in [2.05, 4.69) is 37.2 Å². The maximum absolute atomic E-state index is 11.8. The molecule has 2 nitrogen and oxygen atoms in total. The molecule has 92 valence electrons. The van der Waals surface area contributed by atoms with Gasteiger partial charge in [0.05, 0.1) is 0 Å². The van der Waals surface area contributed by atoms with E-state index >= 15 is 0 Å². The molecular weight excluding hydrogens is 366 g/mol. The fourth-order valence-corrected chi connectivity index (χ4v) is 3.44. The highest BCUT2D eigenvalue weighted by Gasteiger charge is 2.17. The van der Waals surface area contributed by atoms with Gasteiger partial charge in [0.15, 0.2) is 0 Å². The largest absolute Gasteiger partial charge is 0.344 e. The van der Waals surface area contributed by atoms with Gasteiger partial charge in [-0.15, -0.1) is 0 Å². The number of halogens is 2. The van der Waals surface area contributed by atoms with E-state index in [-0.39, 0.29) is 5.24 Å². The zero-order valence-electron chi connectivity index (χ0n) is 9.21. The zero-order valence-corrected chi connectivity index (χ0v) is 13.2. The monoisotopic (exact) mass is 377 g/mol. The van der Waals surface area contributed by atoms with Crippen LogP contribution in [0.5, 0.6) is 0 Å². The lowest BCUT2D eigenvalue weighted by atomic mass is 10.3. The van der Waals surface area contributed by atoms with Crippen LogP contribution < -0.4 is 5.32 Å². The molecule has 0 bridgehead atoms. The standard InChI is InChI=1S/C12H13Br2NOS/c13-10-6-5-9(7-11(10)14)17-12(16)15-8-3-1-2-4-8/h5-8H,1-4H2,(H,15,16). The highest BCUT2D eigenvalue weighted by atomic mass is 79.9. The van der Waals surface area contributed by atoms with E-state index in [4.69, 9.17) is 0 Å². The summed E-state index contributed by atoms with van der Waals surface area (Å²) in [6, 6.07) is 6.21. The van der Waals surface area contributed by atoms with Crippen LogP contribution in [0.15, 0.2) is 32.0 Å². The van der Waals surface area contributed by atoms with Crippen LogP contribution in [0.4, 0.5) is 4.79 Å². The highest BCUT2D eigenvalue weighted by molar-refractivity contribution is 9.13. The number of thioether (sulfide) groups is 1. The van der Waals surface area contributed by atoms with Crippen LogP contribution in [0, 0.1) is 0 Å². The van der Waals surface area contributed by atoms with E-state index in [1.54, 1.807) is 0 Å². The van der Waals surface area contributed by atoms with Crippen LogP contribution in [-0.2, 0) is 0 Å². The molecule has 1 aromatic rings. The normalized spacial score (nSPS) is 16.1. The predicted molar refractivity (Wildman–Crippen MR) is 78.5 cm³/mol. The molecule has 1 amide bonds. The van der Waals surface area contributed by atoms with Gasteiger partial charge in [-0.1, -0.05) is 12.8 Å². The van der Waals surface area contributed by atoms with Gasteiger partial charge < -0.3 is 5.32 Å². The zero-order chi connectivity index (χ0) is 12.3. The van der Waals surface area contributed by atoms with Crippen LogP contribution in [0.25, 0.3) is 0 Å². The van der Waals surface area contributed by atoms with Gasteiger partial charge in [0.1, 0.15) is 0 Å². The first-order valence-electron chi connectivity index (χ1n) is 5.58. The van der Waals surface area contributed by atoms with Gasteiger partial charge in [-0.05, 0) is 74.7 Å². The lowest BCUT2D eigenvalue weighted by molar-refractivity contribution is 0.257. The summed E-state index contributed by atoms with van der Waals surface area (Å²) in [7, 11) is 0. The second-order valence-corrected chi connectivity index (χ2v) is 6.85. The first-order chi connectivity index (χ1) is 8.15. The first-order valence-corrected chi connectivity index (χ1v) is 7.99. The number of carbonyl (C=O) groups excluding carboxylic acids is 1. The third kappa shape index (κ3) is 4.00. The summed E-state index contributed by atoms with van der Waals surface area (Å²) in [6.07, 6.45) is 4.71. The van der Waals surface area contributed by atoms with Crippen molar-refractivity contribution in [2.45, 2.75) is 36.6 Å². The summed E-state index contributed by atoms with van der Waals surface area (Å²) in [4.78, 5) is 12.7. The molecule has 0 unspecified atom stereocenters. The van der Waals surface area contributed by atoms with Crippen molar-refractivity contribution in [3.8, 4) is 0 Å². The van der Waals surface area contributed by atoms with Crippen molar-refractivity contribution < 1.29 is 4.79 Å². The lowest BCUT2D eigenvalue weighted by Gasteiger charge is -2.11. The molecule has 17 heavy (non-hydrogen) atoms. The summed E-state index contributed by atoms with van der Waals surface area (Å²) >= 11 is 8.09. The van der Waals surface area contributed by atoms with Crippen molar-refractivity contribution in [1.29, 1.82) is 0 Å². The summed E-state index contributed by atoms with van der Waals surface area (Å²) in [6.45, 7) is 0. The Morgan fingerprint density at radius 3 is 2.59 bits per heavy atom. The molecule has 0 radical (unpaired) electrons. The molecule has 1 aliphatic carbocycles. The molecular formula is C12H13Br2NOS. The molecule has 1 aliphatic rings. The molecule has 0 atom stereocenters. The number of amides is 1. The fraction of sp³-hybridized carbons (Fsp3) is 0.417. The van der Waals surface area contributed by atoms with Crippen LogP contribution in [0.1, 0.15) is 25.7 Å². The third-order valence-corrected chi connectivity index (χ3v) is 5.45. The van der Waals surface area contributed by atoms with Crippen LogP contribution in [-0.4, -0.2) is 11.3 Å². The van der Waals surface area contributed by atoms with E-state index in [0.717, 1.165) is 26.7 Å². The number of benzene rings is 1. The van der Waals surface area contributed by atoms with Gasteiger partial charge in [0, 0.05) is 19.9 Å². The van der Waals surface area contributed by atoms with Crippen molar-refractivity contribution >= 4 is 48.9 Å². The number of hydrogen-bond acceptors (Lipinski definition) is 2. The summed E-state index contributed by atoms with van der Waals surface area (Å²) in [5, 5.41) is 3.11. The minimum absolute atomic E-state index is 0.0473. The lowest BCUT2D eigenvalue weighted by Crippen LogP contribution is -2.29. The second kappa shape index (κ2) is 6.25. The van der Waals surface area contributed by atoms with Crippen molar-refractivity contribution in [3.63, 3.8) is 0 Å². The van der Waals surface area contributed by atoms with Crippen molar-refractivity contribution in [1.82, 2.24) is 5.32 Å². The molecule has 5 heteroatoms. The average Bonchev–Trinajstić information content (AvgIpc) is 2.76. The van der Waals surface area contributed by atoms with Gasteiger partial charge in [-0.2, -0.15) is 0 Å². The summed E-state index contributed by atoms with van der Waals surface area (Å²) < 4.78 is 1.97. The Kier molecular flexibility index (Phi) is 4.94. The maximum Gasteiger partial charge on any atom is 0.284 e. The average molecular weight is 379 g/mol. The van der Waals surface area contributed by atoms with Gasteiger partial charge in [-0.3, -0.25) is 4.79 Å². The molecule has 0 aromatic heterocycles. The van der Waals surface area contributed by atoms with E-state index in [9.17, 15) is 4.79 Å². The van der Waals surface area contributed by atoms with E-state index in [1.165, 1.54) is 24.6 Å². The molecule has 1 N–H and O–H groups in total. The molecule has 0 heterocycles. The Balaban J connectivity index is 1.90. The number of nitrogens with one attached hydrogen (secondary N) is 1. The molecule has 0 aliphatic heterocycles. The number of carbonyl (C=O) groups is 1. The van der Waals surface area contributed by atoms with Crippen molar-refractivity contribution in [2.75, 3.05) is 0 Å². The number of rotatable bonds is 2. The molecule has 1 fully saturated rings. The fourth-order valence-electron chi connectivity index (χ4n) is 1.91. The van der Waals surface area contributed by atoms with E-state index in [0.29, 0.717) is 6.04 Å². The Labute approximate surface area is 122 Å². The molecule has 1 aromatic carbocycles. The predicted octanol–water partition coefficient (Wildman–Crippen LogP) is 4.96. The second-order valence-electron chi connectivity index (χ2n) is 4.09. The van der Waals surface area contributed by atoms with Crippen molar-refractivity contribution in [3.05, 3.63) is 27.1 Å². The third-order valence-electron chi connectivity index (χ3n) is 2.78. The van der Waals surface area contributed by atoms with Crippen molar-refractivity contribution in [2.24, 2.45) is 0 Å². The topological polar surface area (TPSA) is 29.1 Å². The summed E-state index contributed by atoms with van der Waals surface area (Å²) in [5.74, 6) is 0. The highest BCUT2D eigenvalue weighted by Crippen LogP contribution is 2.29. The van der Waals surface area contributed by atoms with Gasteiger partial charge in [0.25, 0.3) is 5.24 Å². The Bertz CT molecular complexity index is 419. The van der Waals surface area contributed by atoms with Crippen LogP contribution in [0.3, 0.4) is 0 Å². The van der Waals surface area contributed by atoms with Gasteiger partial charge in [0.2, 0.25) is 0 Å². The minimum atomic E-state index is 0.0473. The molecule has 2 rings (SSSR count). The Morgan fingerprint density at radius 1 is 1.24 bits per heavy atom.